The molecule has 0 aliphatic rings. The minimum atomic E-state index is -0.301. The van der Waals surface area contributed by atoms with Crippen LogP contribution < -0.4 is 0 Å². The Morgan fingerprint density at radius 2 is 1.73 bits per heavy atom. The van der Waals surface area contributed by atoms with Crippen LogP contribution in [0.25, 0.3) is 0 Å². The summed E-state index contributed by atoms with van der Waals surface area (Å²) in [6, 6.07) is 0. The highest BCUT2D eigenvalue weighted by Crippen LogP contribution is 2.24. The van der Waals surface area contributed by atoms with E-state index < -0.39 is 0 Å². The number of hydrogen-bond donors (Lipinski definition) is 1. The lowest BCUT2D eigenvalue weighted by Crippen LogP contribution is -2.10. The molecule has 0 saturated heterocycles. The summed E-state index contributed by atoms with van der Waals surface area (Å²) >= 11 is 3.36. The highest BCUT2D eigenvalue weighted by Gasteiger charge is 2.06. The third-order valence-electron chi connectivity index (χ3n) is 1.39. The second kappa shape index (κ2) is 5.98. The van der Waals surface area contributed by atoms with Gasteiger partial charge in [-0.05, 0) is 24.5 Å². The van der Waals surface area contributed by atoms with E-state index in [1.807, 2.05) is 32.4 Å². The van der Waals surface area contributed by atoms with Crippen molar-refractivity contribution in [3.8, 4) is 0 Å². The highest BCUT2D eigenvalue weighted by molar-refractivity contribution is 8.21. The van der Waals surface area contributed by atoms with E-state index in [1.165, 1.54) is 4.24 Å². The molecule has 0 rings (SSSR count). The van der Waals surface area contributed by atoms with Crippen LogP contribution in [0.2, 0.25) is 0 Å². The van der Waals surface area contributed by atoms with Crippen LogP contribution >= 0.6 is 23.5 Å². The zero-order valence-corrected chi connectivity index (χ0v) is 9.13. The molecule has 0 radical (unpaired) electrons. The molecule has 0 aliphatic carbocycles. The van der Waals surface area contributed by atoms with E-state index >= 15 is 0 Å². The van der Waals surface area contributed by atoms with Gasteiger partial charge in [0.1, 0.15) is 0 Å². The molecule has 1 atom stereocenters. The summed E-state index contributed by atoms with van der Waals surface area (Å²) in [5.74, 6) is 0.310. The van der Waals surface area contributed by atoms with Gasteiger partial charge < -0.3 is 5.11 Å². The van der Waals surface area contributed by atoms with Crippen molar-refractivity contribution in [3.05, 3.63) is 10.3 Å². The Kier molecular flexibility index (Phi) is 6.19. The average Bonchev–Trinajstić information content (AvgIpc) is 1.99. The van der Waals surface area contributed by atoms with Crippen LogP contribution in [0.15, 0.2) is 10.3 Å². The minimum Gasteiger partial charge on any atom is -0.389 e. The van der Waals surface area contributed by atoms with Crippen LogP contribution in [0.1, 0.15) is 13.8 Å². The Morgan fingerprint density at radius 1 is 1.27 bits per heavy atom. The molecule has 0 saturated carbocycles. The number of thioether (sulfide) groups is 2. The Balaban J connectivity index is 4.03. The number of rotatable bonds is 4. The maximum absolute atomic E-state index is 9.46. The molecule has 0 aromatic rings. The van der Waals surface area contributed by atoms with Gasteiger partial charge in [0.15, 0.2) is 0 Å². The van der Waals surface area contributed by atoms with E-state index in [-0.39, 0.29) is 6.10 Å². The first kappa shape index (κ1) is 11.4. The van der Waals surface area contributed by atoms with E-state index in [4.69, 9.17) is 0 Å². The van der Waals surface area contributed by atoms with Gasteiger partial charge in [0.25, 0.3) is 0 Å². The fourth-order valence-electron chi connectivity index (χ4n) is 0.551. The van der Waals surface area contributed by atoms with Crippen molar-refractivity contribution < 1.29 is 5.11 Å². The number of aliphatic hydroxyl groups excluding tert-OH is 1. The SMILES string of the molecule is CSC(=CC(O)C(C)C)SC. The van der Waals surface area contributed by atoms with E-state index in [0.717, 1.165) is 0 Å². The molecule has 66 valence electrons. The molecule has 1 nitrogen and oxygen atoms in total. The lowest BCUT2D eigenvalue weighted by Gasteiger charge is -2.10. The summed E-state index contributed by atoms with van der Waals surface area (Å²) in [6.45, 7) is 4.03. The van der Waals surface area contributed by atoms with Gasteiger partial charge in [-0.3, -0.25) is 0 Å². The highest BCUT2D eigenvalue weighted by atomic mass is 32.2. The first-order valence-electron chi connectivity index (χ1n) is 3.59. The third kappa shape index (κ3) is 4.77. The topological polar surface area (TPSA) is 20.2 Å². The molecule has 0 aromatic carbocycles. The van der Waals surface area contributed by atoms with Gasteiger partial charge in [0, 0.05) is 4.24 Å². The molecule has 0 heterocycles. The second-order valence-electron chi connectivity index (χ2n) is 2.63. The van der Waals surface area contributed by atoms with Crippen molar-refractivity contribution in [1.82, 2.24) is 0 Å². The molecular formula is C8H16OS2. The maximum atomic E-state index is 9.46. The molecule has 0 amide bonds. The van der Waals surface area contributed by atoms with Crippen molar-refractivity contribution >= 4 is 23.5 Å². The summed E-state index contributed by atoms with van der Waals surface area (Å²) in [4.78, 5) is 0. The van der Waals surface area contributed by atoms with Crippen molar-refractivity contribution in [2.45, 2.75) is 20.0 Å². The van der Waals surface area contributed by atoms with Crippen LogP contribution in [0.5, 0.6) is 0 Å². The number of hydrogen-bond acceptors (Lipinski definition) is 3. The lowest BCUT2D eigenvalue weighted by molar-refractivity contribution is 0.172. The molecule has 0 fully saturated rings. The molecule has 1 N–H and O–H groups in total. The molecule has 0 spiro atoms. The van der Waals surface area contributed by atoms with Crippen LogP contribution in [-0.4, -0.2) is 23.7 Å². The molecule has 3 heteroatoms. The molecule has 1 unspecified atom stereocenters. The minimum absolute atomic E-state index is 0.301. The fraction of sp³-hybridized carbons (Fsp3) is 0.750. The van der Waals surface area contributed by atoms with Crippen molar-refractivity contribution in [3.63, 3.8) is 0 Å². The van der Waals surface area contributed by atoms with E-state index in [0.29, 0.717) is 5.92 Å². The number of aliphatic hydroxyl groups is 1. The summed E-state index contributed by atoms with van der Waals surface area (Å²) in [5.41, 5.74) is 0. The van der Waals surface area contributed by atoms with Crippen molar-refractivity contribution in [1.29, 1.82) is 0 Å². The zero-order chi connectivity index (χ0) is 8.85. The normalized spacial score (nSPS) is 13.3. The van der Waals surface area contributed by atoms with Crippen molar-refractivity contribution in [2.75, 3.05) is 12.5 Å². The molecule has 0 aromatic heterocycles. The van der Waals surface area contributed by atoms with Crippen LogP contribution in [-0.2, 0) is 0 Å². The summed E-state index contributed by atoms with van der Waals surface area (Å²) in [6.07, 6.45) is 5.66. The zero-order valence-electron chi connectivity index (χ0n) is 7.50. The van der Waals surface area contributed by atoms with Gasteiger partial charge >= 0.3 is 0 Å². The monoisotopic (exact) mass is 192 g/mol. The first-order chi connectivity index (χ1) is 5.11. The van der Waals surface area contributed by atoms with E-state index in [2.05, 4.69) is 0 Å². The Hall–Kier alpha value is 0.400. The van der Waals surface area contributed by atoms with Gasteiger partial charge in [-0.2, -0.15) is 0 Å². The molecule has 0 bridgehead atoms. The Morgan fingerprint density at radius 3 is 2.00 bits per heavy atom. The predicted molar refractivity (Wildman–Crippen MR) is 56.0 cm³/mol. The predicted octanol–water partition coefficient (Wildman–Crippen LogP) is 2.57. The first-order valence-corrected chi connectivity index (χ1v) is 6.04. The van der Waals surface area contributed by atoms with Gasteiger partial charge in [0.2, 0.25) is 0 Å². The van der Waals surface area contributed by atoms with Crippen LogP contribution in [0, 0.1) is 5.92 Å². The summed E-state index contributed by atoms with van der Waals surface area (Å²) in [5, 5.41) is 9.46. The summed E-state index contributed by atoms with van der Waals surface area (Å²) in [7, 11) is 0. The average molecular weight is 192 g/mol. The molecular weight excluding hydrogens is 176 g/mol. The lowest BCUT2D eigenvalue weighted by atomic mass is 10.1. The Bertz CT molecular complexity index is 126. The van der Waals surface area contributed by atoms with E-state index in [1.54, 1.807) is 23.5 Å². The van der Waals surface area contributed by atoms with E-state index in [9.17, 15) is 5.11 Å². The maximum Gasteiger partial charge on any atom is 0.0762 e. The van der Waals surface area contributed by atoms with Crippen molar-refractivity contribution in [2.24, 2.45) is 5.92 Å². The van der Waals surface area contributed by atoms with Crippen LogP contribution in [0.3, 0.4) is 0 Å². The molecule has 0 aliphatic heterocycles. The quantitative estimate of drug-likeness (QED) is 0.739. The van der Waals surface area contributed by atoms with Gasteiger partial charge in [-0.1, -0.05) is 13.8 Å². The Labute approximate surface area is 77.6 Å². The second-order valence-corrected chi connectivity index (χ2v) is 4.58. The largest absolute Gasteiger partial charge is 0.389 e. The van der Waals surface area contributed by atoms with Gasteiger partial charge in [-0.25, -0.2) is 0 Å². The standard InChI is InChI=1S/C8H16OS2/c1-6(2)7(9)5-8(10-3)11-4/h5-7,9H,1-4H3. The fourth-order valence-corrected chi connectivity index (χ4v) is 1.77. The molecule has 11 heavy (non-hydrogen) atoms. The third-order valence-corrected chi connectivity index (χ3v) is 3.47. The smallest absolute Gasteiger partial charge is 0.0762 e. The van der Waals surface area contributed by atoms with Gasteiger partial charge in [0.05, 0.1) is 6.10 Å². The van der Waals surface area contributed by atoms with Gasteiger partial charge in [-0.15, -0.1) is 23.5 Å². The van der Waals surface area contributed by atoms with Crippen LogP contribution in [0.4, 0.5) is 0 Å². The summed E-state index contributed by atoms with van der Waals surface area (Å²) < 4.78 is 1.19.